The Kier molecular flexibility index (Phi) is 4.50. The fourth-order valence-corrected chi connectivity index (χ4v) is 1.96. The lowest BCUT2D eigenvalue weighted by atomic mass is 10.1. The van der Waals surface area contributed by atoms with Crippen molar-refractivity contribution in [2.75, 3.05) is 31.4 Å². The summed E-state index contributed by atoms with van der Waals surface area (Å²) in [4.78, 5) is 15.2. The summed E-state index contributed by atoms with van der Waals surface area (Å²) in [7, 11) is 5.66. The van der Waals surface area contributed by atoms with Gasteiger partial charge in [0, 0.05) is 26.7 Å². The van der Waals surface area contributed by atoms with Crippen LogP contribution in [0.25, 0.3) is 11.4 Å². The first-order valence-electron chi connectivity index (χ1n) is 6.84. The lowest BCUT2D eigenvalue weighted by Gasteiger charge is -2.13. The van der Waals surface area contributed by atoms with Gasteiger partial charge in [-0.15, -0.1) is 0 Å². The Morgan fingerprint density at radius 1 is 1.15 bits per heavy atom. The number of benzene rings is 1. The van der Waals surface area contributed by atoms with Gasteiger partial charge in [-0.25, -0.2) is 0 Å². The second kappa shape index (κ2) is 6.32. The molecule has 1 aromatic carbocycles. The van der Waals surface area contributed by atoms with Crippen LogP contribution in [0.2, 0.25) is 0 Å². The molecule has 1 heterocycles. The minimum atomic E-state index is 0.583. The quantitative estimate of drug-likeness (QED) is 0.906. The van der Waals surface area contributed by atoms with Gasteiger partial charge in [0.2, 0.25) is 11.9 Å². The minimum absolute atomic E-state index is 0.583. The maximum absolute atomic E-state index is 4.52. The summed E-state index contributed by atoms with van der Waals surface area (Å²) >= 11 is 0. The lowest BCUT2D eigenvalue weighted by Crippen LogP contribution is -2.15. The van der Waals surface area contributed by atoms with E-state index in [1.807, 2.05) is 32.1 Å². The molecule has 0 saturated carbocycles. The van der Waals surface area contributed by atoms with Crippen molar-refractivity contribution in [1.82, 2.24) is 15.0 Å². The summed E-state index contributed by atoms with van der Waals surface area (Å²) in [5.41, 5.74) is 2.33. The van der Waals surface area contributed by atoms with E-state index in [9.17, 15) is 0 Å². The van der Waals surface area contributed by atoms with Crippen LogP contribution in [0.15, 0.2) is 24.3 Å². The topological polar surface area (TPSA) is 53.9 Å². The first-order valence-corrected chi connectivity index (χ1v) is 6.84. The number of nitrogens with zero attached hydrogens (tertiary/aromatic N) is 4. The van der Waals surface area contributed by atoms with Crippen LogP contribution >= 0.6 is 0 Å². The molecule has 2 aromatic rings. The van der Waals surface area contributed by atoms with Crippen molar-refractivity contribution in [2.24, 2.45) is 0 Å². The summed E-state index contributed by atoms with van der Waals surface area (Å²) < 4.78 is 0. The van der Waals surface area contributed by atoms with Crippen LogP contribution in [0.5, 0.6) is 0 Å². The zero-order valence-electron chi connectivity index (χ0n) is 12.5. The highest BCUT2D eigenvalue weighted by atomic mass is 15.3. The molecule has 2 rings (SSSR count). The third kappa shape index (κ3) is 3.23. The van der Waals surface area contributed by atoms with Gasteiger partial charge in [0.25, 0.3) is 0 Å². The molecular weight excluding hydrogens is 250 g/mol. The molecule has 0 amide bonds. The summed E-state index contributed by atoms with van der Waals surface area (Å²) in [6, 6.07) is 8.38. The molecule has 1 N–H and O–H groups in total. The number of nitrogens with one attached hydrogen (secondary N) is 1. The third-order valence-corrected chi connectivity index (χ3v) is 2.97. The van der Waals surface area contributed by atoms with Crippen LogP contribution in [0, 0.1) is 0 Å². The van der Waals surface area contributed by atoms with Gasteiger partial charge in [0.15, 0.2) is 5.82 Å². The van der Waals surface area contributed by atoms with E-state index in [2.05, 4.69) is 45.4 Å². The van der Waals surface area contributed by atoms with E-state index < -0.39 is 0 Å². The molecule has 0 aliphatic carbocycles. The molecule has 106 valence electrons. The maximum Gasteiger partial charge on any atom is 0.230 e. The molecule has 1 aromatic heterocycles. The van der Waals surface area contributed by atoms with Gasteiger partial charge in [-0.3, -0.25) is 0 Å². The fraction of sp³-hybridized carbons (Fsp3) is 0.400. The van der Waals surface area contributed by atoms with Gasteiger partial charge < -0.3 is 10.2 Å². The molecule has 20 heavy (non-hydrogen) atoms. The zero-order valence-corrected chi connectivity index (χ0v) is 12.5. The second-order valence-corrected chi connectivity index (χ2v) is 4.88. The molecule has 0 spiro atoms. The molecule has 0 radical (unpaired) electrons. The summed E-state index contributed by atoms with van der Waals surface area (Å²) in [6.07, 6.45) is 2.20. The van der Waals surface area contributed by atoms with Crippen LogP contribution in [0.3, 0.4) is 0 Å². The largest absolute Gasteiger partial charge is 0.357 e. The first kappa shape index (κ1) is 14.2. The van der Waals surface area contributed by atoms with E-state index in [0.717, 1.165) is 18.4 Å². The van der Waals surface area contributed by atoms with Crippen molar-refractivity contribution < 1.29 is 0 Å². The van der Waals surface area contributed by atoms with E-state index in [1.54, 1.807) is 0 Å². The van der Waals surface area contributed by atoms with Crippen LogP contribution < -0.4 is 10.2 Å². The Labute approximate surface area is 120 Å². The Hall–Kier alpha value is -2.17. The molecule has 0 atom stereocenters. The van der Waals surface area contributed by atoms with Crippen LogP contribution in [-0.4, -0.2) is 36.1 Å². The average Bonchev–Trinajstić information content (AvgIpc) is 2.47. The lowest BCUT2D eigenvalue weighted by molar-refractivity contribution is 0.920. The van der Waals surface area contributed by atoms with Crippen LogP contribution in [-0.2, 0) is 6.42 Å². The molecule has 5 nitrogen and oxygen atoms in total. The molecule has 0 aliphatic heterocycles. The highest BCUT2D eigenvalue weighted by molar-refractivity contribution is 5.59. The standard InChI is InChI=1S/C15H21N5/c1-5-7-11-8-6-9-12(10-11)13-17-14(16-2)19-15(18-13)20(3)4/h6,8-10H,5,7H2,1-4H3,(H,16,17,18,19). The minimum Gasteiger partial charge on any atom is -0.357 e. The van der Waals surface area contributed by atoms with E-state index in [1.165, 1.54) is 5.56 Å². The Morgan fingerprint density at radius 2 is 1.95 bits per heavy atom. The number of anilines is 2. The van der Waals surface area contributed by atoms with E-state index in [4.69, 9.17) is 0 Å². The number of hydrogen-bond acceptors (Lipinski definition) is 5. The molecule has 0 bridgehead atoms. The predicted octanol–water partition coefficient (Wildman–Crippen LogP) is 2.60. The second-order valence-electron chi connectivity index (χ2n) is 4.88. The van der Waals surface area contributed by atoms with Crippen LogP contribution in [0.1, 0.15) is 18.9 Å². The van der Waals surface area contributed by atoms with Crippen molar-refractivity contribution in [1.29, 1.82) is 0 Å². The average molecular weight is 271 g/mol. The smallest absolute Gasteiger partial charge is 0.230 e. The Balaban J connectivity index is 2.45. The van der Waals surface area contributed by atoms with Crippen LogP contribution in [0.4, 0.5) is 11.9 Å². The summed E-state index contributed by atoms with van der Waals surface area (Å²) in [5, 5.41) is 2.98. The number of aryl methyl sites for hydroxylation is 1. The molecule has 0 aliphatic rings. The normalized spacial score (nSPS) is 10.4. The molecule has 5 heteroatoms. The highest BCUT2D eigenvalue weighted by Crippen LogP contribution is 2.20. The molecule has 0 saturated heterocycles. The fourth-order valence-electron chi connectivity index (χ4n) is 1.96. The van der Waals surface area contributed by atoms with Gasteiger partial charge in [0.05, 0.1) is 0 Å². The van der Waals surface area contributed by atoms with Crippen molar-refractivity contribution in [2.45, 2.75) is 19.8 Å². The Bertz CT molecular complexity index is 580. The Morgan fingerprint density at radius 3 is 2.60 bits per heavy atom. The molecular formula is C15H21N5. The maximum atomic E-state index is 4.52. The van der Waals surface area contributed by atoms with E-state index in [-0.39, 0.29) is 0 Å². The number of hydrogen-bond donors (Lipinski definition) is 1. The monoisotopic (exact) mass is 271 g/mol. The molecule has 0 fully saturated rings. The number of rotatable bonds is 5. The number of aromatic nitrogens is 3. The summed E-state index contributed by atoms with van der Waals surface area (Å²) in [5.74, 6) is 1.94. The van der Waals surface area contributed by atoms with Gasteiger partial charge >= 0.3 is 0 Å². The van der Waals surface area contributed by atoms with Gasteiger partial charge in [-0.1, -0.05) is 31.5 Å². The highest BCUT2D eigenvalue weighted by Gasteiger charge is 2.09. The van der Waals surface area contributed by atoms with Gasteiger partial charge in [-0.05, 0) is 18.1 Å². The SMILES string of the molecule is CCCc1cccc(-c2nc(NC)nc(N(C)C)n2)c1. The van der Waals surface area contributed by atoms with Crippen molar-refractivity contribution in [3.05, 3.63) is 29.8 Å². The van der Waals surface area contributed by atoms with Gasteiger partial charge in [0.1, 0.15) is 0 Å². The van der Waals surface area contributed by atoms with Gasteiger partial charge in [-0.2, -0.15) is 15.0 Å². The summed E-state index contributed by atoms with van der Waals surface area (Å²) in [6.45, 7) is 2.18. The first-order chi connectivity index (χ1) is 9.63. The van der Waals surface area contributed by atoms with E-state index in [0.29, 0.717) is 17.7 Å². The third-order valence-electron chi connectivity index (χ3n) is 2.97. The predicted molar refractivity (Wildman–Crippen MR) is 83.1 cm³/mol. The zero-order chi connectivity index (χ0) is 14.5. The van der Waals surface area contributed by atoms with Crippen molar-refractivity contribution in [3.63, 3.8) is 0 Å². The van der Waals surface area contributed by atoms with Crippen molar-refractivity contribution >= 4 is 11.9 Å². The van der Waals surface area contributed by atoms with E-state index >= 15 is 0 Å². The molecule has 0 unspecified atom stereocenters. The van der Waals surface area contributed by atoms with Crippen molar-refractivity contribution in [3.8, 4) is 11.4 Å².